The van der Waals surface area contributed by atoms with Crippen LogP contribution in [0.4, 0.5) is 0 Å². The number of piperidine rings is 1. The SMILES string of the molecule is CCCCCCc1ccc(C(=O)N2CCCCC2c2nc(-c3ccccc3)no2)cc1. The molecule has 0 aliphatic carbocycles. The van der Waals surface area contributed by atoms with E-state index in [1.54, 1.807) is 0 Å². The van der Waals surface area contributed by atoms with Gasteiger partial charge in [-0.2, -0.15) is 4.98 Å². The van der Waals surface area contributed by atoms with Crippen molar-refractivity contribution in [1.29, 1.82) is 0 Å². The molecule has 162 valence electrons. The van der Waals surface area contributed by atoms with Crippen molar-refractivity contribution in [2.45, 2.75) is 64.3 Å². The van der Waals surface area contributed by atoms with Gasteiger partial charge in [0.1, 0.15) is 6.04 Å². The number of carbonyl (C=O) groups is 1. The third kappa shape index (κ3) is 5.22. The van der Waals surface area contributed by atoms with Gasteiger partial charge in [-0.1, -0.05) is 73.8 Å². The number of hydrogen-bond donors (Lipinski definition) is 0. The molecule has 1 saturated heterocycles. The molecule has 1 aromatic heterocycles. The van der Waals surface area contributed by atoms with Gasteiger partial charge in [0, 0.05) is 17.7 Å². The van der Waals surface area contributed by atoms with Crippen molar-refractivity contribution in [2.24, 2.45) is 0 Å². The lowest BCUT2D eigenvalue weighted by molar-refractivity contribution is 0.0561. The van der Waals surface area contributed by atoms with Crippen LogP contribution in [-0.4, -0.2) is 27.5 Å². The number of benzene rings is 2. The predicted octanol–water partition coefficient (Wildman–Crippen LogP) is 6.23. The summed E-state index contributed by atoms with van der Waals surface area (Å²) in [6.07, 6.45) is 8.97. The minimum absolute atomic E-state index is 0.0432. The number of carbonyl (C=O) groups excluding carboxylic acids is 1. The van der Waals surface area contributed by atoms with Crippen LogP contribution in [0.5, 0.6) is 0 Å². The summed E-state index contributed by atoms with van der Waals surface area (Å²) in [5.41, 5.74) is 2.94. The van der Waals surface area contributed by atoms with Crippen LogP contribution >= 0.6 is 0 Å². The van der Waals surface area contributed by atoms with E-state index in [0.29, 0.717) is 18.3 Å². The molecule has 0 radical (unpaired) electrons. The largest absolute Gasteiger partial charge is 0.337 e. The summed E-state index contributed by atoms with van der Waals surface area (Å²) in [5, 5.41) is 4.16. The van der Waals surface area contributed by atoms with E-state index in [-0.39, 0.29) is 11.9 Å². The number of nitrogens with zero attached hydrogens (tertiary/aromatic N) is 3. The number of amides is 1. The smallest absolute Gasteiger partial charge is 0.254 e. The lowest BCUT2D eigenvalue weighted by Crippen LogP contribution is -2.38. The second kappa shape index (κ2) is 10.4. The first-order valence-electron chi connectivity index (χ1n) is 11.5. The average molecular weight is 418 g/mol. The number of hydrogen-bond acceptors (Lipinski definition) is 4. The summed E-state index contributed by atoms with van der Waals surface area (Å²) in [4.78, 5) is 19.8. The Morgan fingerprint density at radius 2 is 1.84 bits per heavy atom. The van der Waals surface area contributed by atoms with Gasteiger partial charge in [-0.25, -0.2) is 0 Å². The van der Waals surface area contributed by atoms with Crippen LogP contribution in [0, 0.1) is 0 Å². The third-order valence-electron chi connectivity index (χ3n) is 6.04. The van der Waals surface area contributed by atoms with Gasteiger partial charge < -0.3 is 9.42 Å². The zero-order chi connectivity index (χ0) is 21.5. The predicted molar refractivity (Wildman–Crippen MR) is 122 cm³/mol. The Balaban J connectivity index is 1.46. The Morgan fingerprint density at radius 1 is 1.03 bits per heavy atom. The summed E-state index contributed by atoms with van der Waals surface area (Å²) in [5.74, 6) is 1.14. The molecular formula is C26H31N3O2. The number of unbranched alkanes of at least 4 members (excludes halogenated alkanes) is 3. The average Bonchev–Trinajstić information content (AvgIpc) is 3.33. The van der Waals surface area contributed by atoms with Gasteiger partial charge in [0.05, 0.1) is 0 Å². The van der Waals surface area contributed by atoms with Crippen LogP contribution < -0.4 is 0 Å². The highest BCUT2D eigenvalue weighted by Crippen LogP contribution is 2.32. The molecule has 4 rings (SSSR count). The standard InChI is InChI=1S/C26H31N3O2/c1-2-3-4-6-11-20-15-17-22(18-16-20)26(30)29-19-10-9-14-23(29)25-27-24(28-31-25)21-12-7-5-8-13-21/h5,7-8,12-13,15-18,23H,2-4,6,9-11,14,19H2,1H3. The highest BCUT2D eigenvalue weighted by atomic mass is 16.5. The zero-order valence-corrected chi connectivity index (χ0v) is 18.3. The molecule has 2 aromatic carbocycles. The molecule has 0 saturated carbocycles. The monoisotopic (exact) mass is 417 g/mol. The summed E-state index contributed by atoms with van der Waals surface area (Å²) < 4.78 is 5.60. The molecule has 0 bridgehead atoms. The number of rotatable bonds is 8. The highest BCUT2D eigenvalue weighted by Gasteiger charge is 2.32. The van der Waals surface area contributed by atoms with Gasteiger partial charge in [0.25, 0.3) is 5.91 Å². The maximum Gasteiger partial charge on any atom is 0.254 e. The zero-order valence-electron chi connectivity index (χ0n) is 18.3. The Bertz CT molecular complexity index is 966. The van der Waals surface area contributed by atoms with Crippen LogP contribution in [0.15, 0.2) is 59.1 Å². The number of aryl methyl sites for hydroxylation is 1. The van der Waals surface area contributed by atoms with E-state index in [9.17, 15) is 4.79 Å². The minimum Gasteiger partial charge on any atom is -0.337 e. The Kier molecular flexibility index (Phi) is 7.13. The highest BCUT2D eigenvalue weighted by molar-refractivity contribution is 5.94. The fraction of sp³-hybridized carbons (Fsp3) is 0.423. The van der Waals surface area contributed by atoms with Crippen molar-refractivity contribution in [2.75, 3.05) is 6.54 Å². The van der Waals surface area contributed by atoms with Crippen molar-refractivity contribution >= 4 is 5.91 Å². The lowest BCUT2D eigenvalue weighted by atomic mass is 9.99. The van der Waals surface area contributed by atoms with Gasteiger partial charge in [0.15, 0.2) is 0 Å². The molecule has 1 aliphatic heterocycles. The van der Waals surface area contributed by atoms with E-state index in [1.165, 1.54) is 31.2 Å². The van der Waals surface area contributed by atoms with Crippen LogP contribution in [0.2, 0.25) is 0 Å². The molecule has 2 heterocycles. The summed E-state index contributed by atoms with van der Waals surface area (Å²) >= 11 is 0. The minimum atomic E-state index is -0.167. The van der Waals surface area contributed by atoms with Crippen LogP contribution in [0.25, 0.3) is 11.4 Å². The van der Waals surface area contributed by atoms with Gasteiger partial charge in [-0.05, 0) is 49.8 Å². The first-order chi connectivity index (χ1) is 15.3. The molecule has 5 nitrogen and oxygen atoms in total. The summed E-state index contributed by atoms with van der Waals surface area (Å²) in [7, 11) is 0. The van der Waals surface area contributed by atoms with Gasteiger partial charge in [-0.3, -0.25) is 4.79 Å². The molecule has 0 N–H and O–H groups in total. The van der Waals surface area contributed by atoms with E-state index in [1.807, 2.05) is 47.4 Å². The Morgan fingerprint density at radius 3 is 2.61 bits per heavy atom. The lowest BCUT2D eigenvalue weighted by Gasteiger charge is -2.33. The Labute approximate surface area is 184 Å². The van der Waals surface area contributed by atoms with Gasteiger partial charge in [0.2, 0.25) is 11.7 Å². The third-order valence-corrected chi connectivity index (χ3v) is 6.04. The van der Waals surface area contributed by atoms with Crippen LogP contribution in [-0.2, 0) is 6.42 Å². The fourth-order valence-electron chi connectivity index (χ4n) is 4.24. The molecule has 1 unspecified atom stereocenters. The molecule has 0 spiro atoms. The molecule has 1 aliphatic rings. The van der Waals surface area contributed by atoms with Gasteiger partial charge in [-0.15, -0.1) is 0 Å². The van der Waals surface area contributed by atoms with E-state index in [2.05, 4.69) is 29.2 Å². The van der Waals surface area contributed by atoms with Crippen LogP contribution in [0.1, 0.15) is 79.7 Å². The van der Waals surface area contributed by atoms with Crippen molar-refractivity contribution in [3.63, 3.8) is 0 Å². The van der Waals surface area contributed by atoms with Crippen molar-refractivity contribution < 1.29 is 9.32 Å². The van der Waals surface area contributed by atoms with E-state index >= 15 is 0 Å². The first-order valence-corrected chi connectivity index (χ1v) is 11.5. The van der Waals surface area contributed by atoms with Crippen LogP contribution in [0.3, 0.4) is 0 Å². The molecule has 1 amide bonds. The van der Waals surface area contributed by atoms with Crippen molar-refractivity contribution in [3.05, 3.63) is 71.6 Å². The van der Waals surface area contributed by atoms with E-state index < -0.39 is 0 Å². The molecule has 31 heavy (non-hydrogen) atoms. The summed E-state index contributed by atoms with van der Waals surface area (Å²) in [6.45, 7) is 2.94. The van der Waals surface area contributed by atoms with Crippen molar-refractivity contribution in [3.8, 4) is 11.4 Å². The number of likely N-dealkylation sites (tertiary alicyclic amines) is 1. The quantitative estimate of drug-likeness (QED) is 0.408. The Hall–Kier alpha value is -2.95. The van der Waals surface area contributed by atoms with Gasteiger partial charge >= 0.3 is 0 Å². The molecule has 1 atom stereocenters. The number of aromatic nitrogens is 2. The second-order valence-corrected chi connectivity index (χ2v) is 8.34. The van der Waals surface area contributed by atoms with E-state index in [0.717, 1.165) is 36.8 Å². The molecule has 1 fully saturated rings. The molecule has 3 aromatic rings. The summed E-state index contributed by atoms with van der Waals surface area (Å²) in [6, 6.07) is 17.7. The maximum absolute atomic E-state index is 13.3. The normalized spacial score (nSPS) is 16.4. The van der Waals surface area contributed by atoms with Crippen molar-refractivity contribution in [1.82, 2.24) is 15.0 Å². The topological polar surface area (TPSA) is 59.2 Å². The fourth-order valence-corrected chi connectivity index (χ4v) is 4.24. The maximum atomic E-state index is 13.3. The second-order valence-electron chi connectivity index (χ2n) is 8.34. The molecule has 5 heteroatoms. The van der Waals surface area contributed by atoms with E-state index in [4.69, 9.17) is 4.52 Å². The first kappa shape index (κ1) is 21.3. The molecular weight excluding hydrogens is 386 g/mol.